The molecule has 1 amide bonds. The van der Waals surface area contributed by atoms with Gasteiger partial charge in [0.2, 0.25) is 0 Å². The minimum Gasteiger partial charge on any atom is -0.381 e. The van der Waals surface area contributed by atoms with Gasteiger partial charge < -0.3 is 10.2 Å². The summed E-state index contributed by atoms with van der Waals surface area (Å²) >= 11 is 6.30. The average Bonchev–Trinajstić information content (AvgIpc) is 2.45. The van der Waals surface area contributed by atoms with Gasteiger partial charge in [-0.15, -0.1) is 0 Å². The number of halogens is 1. The Bertz CT molecular complexity index is 516. The summed E-state index contributed by atoms with van der Waals surface area (Å²) in [5.74, 6) is 1.34. The molecule has 1 N–H and O–H groups in total. The third kappa shape index (κ3) is 3.70. The molecule has 0 aromatic heterocycles. The van der Waals surface area contributed by atoms with E-state index in [1.807, 2.05) is 6.07 Å². The standard InChI is InChI=1S/C17H25ClN2O/c1-11-6-5-7-15(12(11)2)19-16-10-13(8-9-14(16)18)17(21)20(3)4/h8-12,15,19H,5-7H2,1-4H3. The first-order valence-corrected chi connectivity index (χ1v) is 8.05. The van der Waals surface area contributed by atoms with Crippen LogP contribution in [0.5, 0.6) is 0 Å². The minimum atomic E-state index is -0.000206. The quantitative estimate of drug-likeness (QED) is 0.904. The summed E-state index contributed by atoms with van der Waals surface area (Å²) in [4.78, 5) is 13.7. The second kappa shape index (κ2) is 6.69. The van der Waals surface area contributed by atoms with Gasteiger partial charge in [-0.1, -0.05) is 38.3 Å². The van der Waals surface area contributed by atoms with E-state index in [1.165, 1.54) is 12.8 Å². The molecular formula is C17H25ClN2O. The number of nitrogens with one attached hydrogen (secondary N) is 1. The summed E-state index contributed by atoms with van der Waals surface area (Å²) in [7, 11) is 3.52. The molecule has 0 aliphatic heterocycles. The molecule has 1 aromatic rings. The van der Waals surface area contributed by atoms with Gasteiger partial charge in [0.05, 0.1) is 10.7 Å². The molecule has 3 atom stereocenters. The van der Waals surface area contributed by atoms with Gasteiger partial charge in [-0.25, -0.2) is 0 Å². The summed E-state index contributed by atoms with van der Waals surface area (Å²) in [6.45, 7) is 4.61. The molecule has 0 bridgehead atoms. The third-order valence-electron chi connectivity index (χ3n) is 4.67. The van der Waals surface area contributed by atoms with Crippen LogP contribution < -0.4 is 5.32 Å². The summed E-state index contributed by atoms with van der Waals surface area (Å²) < 4.78 is 0. The number of rotatable bonds is 3. The summed E-state index contributed by atoms with van der Waals surface area (Å²) in [5.41, 5.74) is 1.54. The molecule has 1 aromatic carbocycles. The molecule has 1 fully saturated rings. The number of hydrogen-bond acceptors (Lipinski definition) is 2. The van der Waals surface area contributed by atoms with E-state index in [0.29, 0.717) is 22.5 Å². The molecule has 21 heavy (non-hydrogen) atoms. The molecule has 1 aliphatic rings. The zero-order valence-electron chi connectivity index (χ0n) is 13.3. The van der Waals surface area contributed by atoms with Gasteiger partial charge in [0.1, 0.15) is 0 Å². The Balaban J connectivity index is 2.19. The van der Waals surface area contributed by atoms with Crippen molar-refractivity contribution in [2.45, 2.75) is 39.2 Å². The van der Waals surface area contributed by atoms with E-state index >= 15 is 0 Å². The topological polar surface area (TPSA) is 32.3 Å². The van der Waals surface area contributed by atoms with Crippen molar-refractivity contribution >= 4 is 23.2 Å². The number of carbonyl (C=O) groups is 1. The zero-order chi connectivity index (χ0) is 15.6. The maximum atomic E-state index is 12.1. The van der Waals surface area contributed by atoms with E-state index in [1.54, 1.807) is 31.1 Å². The normalized spacial score (nSPS) is 25.5. The number of amides is 1. The Morgan fingerprint density at radius 3 is 2.67 bits per heavy atom. The molecule has 1 aliphatic carbocycles. The van der Waals surface area contributed by atoms with E-state index in [0.717, 1.165) is 18.0 Å². The van der Waals surface area contributed by atoms with E-state index < -0.39 is 0 Å². The smallest absolute Gasteiger partial charge is 0.253 e. The lowest BCUT2D eigenvalue weighted by atomic mass is 9.78. The van der Waals surface area contributed by atoms with Gasteiger partial charge in [-0.3, -0.25) is 4.79 Å². The summed E-state index contributed by atoms with van der Waals surface area (Å²) in [6, 6.07) is 5.88. The molecule has 0 heterocycles. The Hall–Kier alpha value is -1.22. The lowest BCUT2D eigenvalue weighted by molar-refractivity contribution is 0.0827. The van der Waals surface area contributed by atoms with Crippen molar-refractivity contribution in [2.24, 2.45) is 11.8 Å². The van der Waals surface area contributed by atoms with Gasteiger partial charge in [0, 0.05) is 25.7 Å². The first kappa shape index (κ1) is 16.2. The minimum absolute atomic E-state index is 0.000206. The van der Waals surface area contributed by atoms with E-state index in [9.17, 15) is 4.79 Å². The molecule has 3 unspecified atom stereocenters. The predicted molar refractivity (Wildman–Crippen MR) is 89.1 cm³/mol. The number of hydrogen-bond donors (Lipinski definition) is 1. The number of anilines is 1. The van der Waals surface area contributed by atoms with Crippen LogP contribution in [-0.4, -0.2) is 30.9 Å². The van der Waals surface area contributed by atoms with Crippen LogP contribution in [-0.2, 0) is 0 Å². The molecule has 4 heteroatoms. The van der Waals surface area contributed by atoms with Crippen molar-refractivity contribution in [3.63, 3.8) is 0 Å². The molecule has 0 spiro atoms. The van der Waals surface area contributed by atoms with Crippen molar-refractivity contribution in [1.82, 2.24) is 4.90 Å². The molecule has 0 radical (unpaired) electrons. The second-order valence-electron chi connectivity index (χ2n) is 6.41. The lowest BCUT2D eigenvalue weighted by Crippen LogP contribution is -2.35. The predicted octanol–water partition coefficient (Wildman–Crippen LogP) is 4.28. The fraction of sp³-hybridized carbons (Fsp3) is 0.588. The van der Waals surface area contributed by atoms with Gasteiger partial charge in [-0.05, 0) is 36.5 Å². The van der Waals surface area contributed by atoms with Crippen LogP contribution in [0.25, 0.3) is 0 Å². The highest BCUT2D eigenvalue weighted by molar-refractivity contribution is 6.33. The largest absolute Gasteiger partial charge is 0.381 e. The fourth-order valence-electron chi connectivity index (χ4n) is 3.01. The maximum absolute atomic E-state index is 12.1. The maximum Gasteiger partial charge on any atom is 0.253 e. The highest BCUT2D eigenvalue weighted by atomic mass is 35.5. The monoisotopic (exact) mass is 308 g/mol. The highest BCUT2D eigenvalue weighted by Crippen LogP contribution is 2.33. The third-order valence-corrected chi connectivity index (χ3v) is 5.00. The summed E-state index contributed by atoms with van der Waals surface area (Å²) in [6.07, 6.45) is 3.71. The SMILES string of the molecule is CC1CCCC(Nc2cc(C(=O)N(C)C)ccc2Cl)C1C. The van der Waals surface area contributed by atoms with Crippen molar-refractivity contribution in [3.05, 3.63) is 28.8 Å². The van der Waals surface area contributed by atoms with Crippen LogP contribution in [0, 0.1) is 11.8 Å². The highest BCUT2D eigenvalue weighted by Gasteiger charge is 2.27. The molecule has 1 saturated carbocycles. The molecule has 3 nitrogen and oxygen atoms in total. The lowest BCUT2D eigenvalue weighted by Gasteiger charge is -2.35. The van der Waals surface area contributed by atoms with Crippen LogP contribution in [0.3, 0.4) is 0 Å². The van der Waals surface area contributed by atoms with Gasteiger partial charge >= 0.3 is 0 Å². The number of benzene rings is 1. The Labute approximate surface area is 132 Å². The van der Waals surface area contributed by atoms with Gasteiger partial charge in [-0.2, -0.15) is 0 Å². The Kier molecular flexibility index (Phi) is 5.15. The van der Waals surface area contributed by atoms with Crippen molar-refractivity contribution in [2.75, 3.05) is 19.4 Å². The number of carbonyl (C=O) groups excluding carboxylic acids is 1. The first-order valence-electron chi connectivity index (χ1n) is 7.68. The number of nitrogens with zero attached hydrogens (tertiary/aromatic N) is 1. The molecule has 0 saturated heterocycles. The van der Waals surface area contributed by atoms with E-state index in [-0.39, 0.29) is 5.91 Å². The van der Waals surface area contributed by atoms with Gasteiger partial charge in [0.15, 0.2) is 0 Å². The van der Waals surface area contributed by atoms with Crippen LogP contribution in [0.4, 0.5) is 5.69 Å². The van der Waals surface area contributed by atoms with Crippen LogP contribution in [0.15, 0.2) is 18.2 Å². The van der Waals surface area contributed by atoms with Gasteiger partial charge in [0.25, 0.3) is 5.91 Å². The van der Waals surface area contributed by atoms with Crippen LogP contribution in [0.1, 0.15) is 43.5 Å². The van der Waals surface area contributed by atoms with E-state index in [4.69, 9.17) is 11.6 Å². The average molecular weight is 309 g/mol. The Morgan fingerprint density at radius 2 is 2.00 bits per heavy atom. The molecule has 116 valence electrons. The van der Waals surface area contributed by atoms with Crippen molar-refractivity contribution in [1.29, 1.82) is 0 Å². The zero-order valence-corrected chi connectivity index (χ0v) is 14.1. The Morgan fingerprint density at radius 1 is 1.29 bits per heavy atom. The molecular weight excluding hydrogens is 284 g/mol. The van der Waals surface area contributed by atoms with Crippen molar-refractivity contribution < 1.29 is 4.79 Å². The molecule has 2 rings (SSSR count). The second-order valence-corrected chi connectivity index (χ2v) is 6.82. The fourth-order valence-corrected chi connectivity index (χ4v) is 3.18. The summed E-state index contributed by atoms with van der Waals surface area (Å²) in [5, 5.41) is 4.24. The van der Waals surface area contributed by atoms with Crippen LogP contribution in [0.2, 0.25) is 5.02 Å². The van der Waals surface area contributed by atoms with Crippen molar-refractivity contribution in [3.8, 4) is 0 Å². The first-order chi connectivity index (χ1) is 9.90. The van der Waals surface area contributed by atoms with Crippen LogP contribution >= 0.6 is 11.6 Å². The van der Waals surface area contributed by atoms with E-state index in [2.05, 4.69) is 19.2 Å².